The summed E-state index contributed by atoms with van der Waals surface area (Å²) in [6.45, 7) is 11.3. The second kappa shape index (κ2) is 9.89. The number of benzene rings is 1. The minimum absolute atomic E-state index is 0.0416. The molecule has 2 heterocycles. The van der Waals surface area contributed by atoms with Crippen molar-refractivity contribution in [2.75, 3.05) is 11.1 Å². The zero-order valence-electron chi connectivity index (χ0n) is 18.2. The Labute approximate surface area is 182 Å². The quantitative estimate of drug-likeness (QED) is 0.495. The summed E-state index contributed by atoms with van der Waals surface area (Å²) in [7, 11) is 0. The van der Waals surface area contributed by atoms with Gasteiger partial charge in [-0.15, -0.1) is 10.2 Å². The largest absolute Gasteiger partial charge is 0.325 e. The van der Waals surface area contributed by atoms with Crippen LogP contribution < -0.4 is 5.32 Å². The molecule has 1 amide bonds. The van der Waals surface area contributed by atoms with Crippen molar-refractivity contribution >= 4 is 23.4 Å². The molecule has 0 bridgehead atoms. The molecule has 2 aromatic heterocycles. The third-order valence-electron chi connectivity index (χ3n) is 4.90. The van der Waals surface area contributed by atoms with Crippen LogP contribution in [-0.4, -0.2) is 31.4 Å². The Morgan fingerprint density at radius 1 is 1.03 bits per heavy atom. The molecule has 158 valence electrons. The molecule has 30 heavy (non-hydrogen) atoms. The van der Waals surface area contributed by atoms with Gasteiger partial charge in [-0.1, -0.05) is 63.7 Å². The fraction of sp³-hybridized carbons (Fsp3) is 0.391. The van der Waals surface area contributed by atoms with Gasteiger partial charge >= 0.3 is 0 Å². The summed E-state index contributed by atoms with van der Waals surface area (Å²) < 4.78 is 1.99. The number of nitrogens with zero attached hydrogens (tertiary/aromatic N) is 4. The first-order chi connectivity index (χ1) is 14.4. The van der Waals surface area contributed by atoms with Gasteiger partial charge in [0.1, 0.15) is 5.69 Å². The molecule has 0 aliphatic carbocycles. The number of anilines is 1. The number of amides is 1. The number of carbonyl (C=O) groups excluding carboxylic acids is 1. The number of pyridine rings is 1. The highest BCUT2D eigenvalue weighted by molar-refractivity contribution is 7.99. The van der Waals surface area contributed by atoms with Crippen LogP contribution in [0.4, 0.5) is 5.69 Å². The van der Waals surface area contributed by atoms with E-state index in [4.69, 9.17) is 0 Å². The fourth-order valence-electron chi connectivity index (χ4n) is 3.37. The number of thioether (sulfide) groups is 1. The normalized spacial score (nSPS) is 11.3. The molecule has 3 aromatic rings. The topological polar surface area (TPSA) is 72.7 Å². The first-order valence-electron chi connectivity index (χ1n) is 10.3. The van der Waals surface area contributed by atoms with Crippen LogP contribution in [0.5, 0.6) is 0 Å². The molecule has 0 unspecified atom stereocenters. The molecule has 0 saturated heterocycles. The number of carbonyl (C=O) groups is 1. The lowest BCUT2D eigenvalue weighted by Crippen LogP contribution is -2.18. The van der Waals surface area contributed by atoms with Gasteiger partial charge in [0.25, 0.3) is 0 Å². The van der Waals surface area contributed by atoms with Crippen LogP contribution in [0.15, 0.2) is 47.8 Å². The molecule has 0 aliphatic rings. The Balaban J connectivity index is 1.76. The van der Waals surface area contributed by atoms with Crippen LogP contribution in [0.25, 0.3) is 11.5 Å². The second-order valence-electron chi connectivity index (χ2n) is 7.72. The molecule has 0 spiro atoms. The van der Waals surface area contributed by atoms with Crippen molar-refractivity contribution in [1.29, 1.82) is 0 Å². The van der Waals surface area contributed by atoms with Crippen LogP contribution in [0.2, 0.25) is 0 Å². The van der Waals surface area contributed by atoms with Gasteiger partial charge in [-0.05, 0) is 42.0 Å². The van der Waals surface area contributed by atoms with Crippen LogP contribution in [0.1, 0.15) is 57.6 Å². The number of nitrogens with one attached hydrogen (secondary N) is 1. The smallest absolute Gasteiger partial charge is 0.234 e. The predicted molar refractivity (Wildman–Crippen MR) is 123 cm³/mol. The zero-order chi connectivity index (χ0) is 21.7. The summed E-state index contributed by atoms with van der Waals surface area (Å²) >= 11 is 1.39. The van der Waals surface area contributed by atoms with E-state index in [9.17, 15) is 4.79 Å². The first-order valence-corrected chi connectivity index (χ1v) is 11.3. The predicted octanol–water partition coefficient (Wildman–Crippen LogP) is 5.34. The van der Waals surface area contributed by atoms with Crippen LogP contribution in [0.3, 0.4) is 0 Å². The zero-order valence-corrected chi connectivity index (χ0v) is 19.0. The lowest BCUT2D eigenvalue weighted by atomic mass is 9.92. The molecular weight excluding hydrogens is 394 g/mol. The van der Waals surface area contributed by atoms with Gasteiger partial charge in [0.05, 0.1) is 5.75 Å². The lowest BCUT2D eigenvalue weighted by Gasteiger charge is -2.20. The maximum absolute atomic E-state index is 12.8. The molecule has 1 N–H and O–H groups in total. The Kier molecular flexibility index (Phi) is 7.26. The average molecular weight is 424 g/mol. The third-order valence-corrected chi connectivity index (χ3v) is 5.86. The summed E-state index contributed by atoms with van der Waals surface area (Å²) in [5, 5.41) is 12.5. The molecule has 7 heteroatoms. The average Bonchev–Trinajstić information content (AvgIpc) is 3.15. The van der Waals surface area contributed by atoms with Gasteiger partial charge in [-0.25, -0.2) is 0 Å². The van der Waals surface area contributed by atoms with E-state index in [2.05, 4.69) is 66.4 Å². The number of rotatable bonds is 8. The minimum atomic E-state index is -0.0416. The Morgan fingerprint density at radius 2 is 1.73 bits per heavy atom. The standard InChI is InChI=1S/C23H29N5OS/c1-6-28-22(19-12-7-8-13-24-19)26-27-23(28)30-14-20(29)25-21-17(15(2)3)10-9-11-18(21)16(4)5/h7-13,15-16H,6,14H2,1-5H3,(H,25,29). The molecule has 0 radical (unpaired) electrons. The van der Waals surface area contributed by atoms with E-state index < -0.39 is 0 Å². The lowest BCUT2D eigenvalue weighted by molar-refractivity contribution is -0.113. The van der Waals surface area contributed by atoms with Gasteiger partial charge in [-0.3, -0.25) is 9.78 Å². The number of para-hydroxylation sites is 1. The van der Waals surface area contributed by atoms with E-state index in [1.807, 2.05) is 29.7 Å². The highest BCUT2D eigenvalue weighted by Crippen LogP contribution is 2.32. The van der Waals surface area contributed by atoms with E-state index >= 15 is 0 Å². The maximum atomic E-state index is 12.8. The van der Waals surface area contributed by atoms with E-state index in [-0.39, 0.29) is 11.7 Å². The summed E-state index contributed by atoms with van der Waals surface area (Å²) in [6, 6.07) is 12.0. The maximum Gasteiger partial charge on any atom is 0.234 e. The Bertz CT molecular complexity index is 972. The Hall–Kier alpha value is -2.67. The van der Waals surface area contributed by atoms with Crippen molar-refractivity contribution in [3.63, 3.8) is 0 Å². The summed E-state index contributed by atoms with van der Waals surface area (Å²) in [5.41, 5.74) is 4.04. The van der Waals surface area contributed by atoms with Gasteiger partial charge < -0.3 is 9.88 Å². The summed E-state index contributed by atoms with van der Waals surface area (Å²) in [4.78, 5) is 17.2. The van der Waals surface area contributed by atoms with Gasteiger partial charge in [0, 0.05) is 18.4 Å². The van der Waals surface area contributed by atoms with Gasteiger partial charge in [0.15, 0.2) is 11.0 Å². The van der Waals surface area contributed by atoms with Crippen molar-refractivity contribution in [2.24, 2.45) is 0 Å². The van der Waals surface area contributed by atoms with Crippen molar-refractivity contribution in [3.05, 3.63) is 53.7 Å². The molecule has 0 saturated carbocycles. The molecule has 6 nitrogen and oxygen atoms in total. The van der Waals surface area contributed by atoms with Gasteiger partial charge in [0.2, 0.25) is 5.91 Å². The van der Waals surface area contributed by atoms with Crippen molar-refractivity contribution < 1.29 is 4.79 Å². The first kappa shape index (κ1) is 22.0. The van der Waals surface area contributed by atoms with Crippen molar-refractivity contribution in [2.45, 2.75) is 58.2 Å². The van der Waals surface area contributed by atoms with E-state index in [1.165, 1.54) is 11.8 Å². The fourth-order valence-corrected chi connectivity index (χ4v) is 4.17. The molecule has 0 atom stereocenters. The van der Waals surface area contributed by atoms with E-state index in [1.54, 1.807) is 6.20 Å². The van der Waals surface area contributed by atoms with Crippen molar-refractivity contribution in [1.82, 2.24) is 19.7 Å². The molecular formula is C23H29N5OS. The molecule has 0 aliphatic heterocycles. The van der Waals surface area contributed by atoms with Crippen molar-refractivity contribution in [3.8, 4) is 11.5 Å². The minimum Gasteiger partial charge on any atom is -0.325 e. The summed E-state index contributed by atoms with van der Waals surface area (Å²) in [6.07, 6.45) is 1.74. The second-order valence-corrected chi connectivity index (χ2v) is 8.67. The highest BCUT2D eigenvalue weighted by atomic mass is 32.2. The number of hydrogen-bond donors (Lipinski definition) is 1. The van der Waals surface area contributed by atoms with E-state index in [0.29, 0.717) is 24.2 Å². The molecule has 0 fully saturated rings. The van der Waals surface area contributed by atoms with Gasteiger partial charge in [-0.2, -0.15) is 0 Å². The Morgan fingerprint density at radius 3 is 2.30 bits per heavy atom. The van der Waals surface area contributed by atoms with Crippen LogP contribution >= 0.6 is 11.8 Å². The van der Waals surface area contributed by atoms with E-state index in [0.717, 1.165) is 27.7 Å². The number of hydrogen-bond acceptors (Lipinski definition) is 5. The van der Waals surface area contributed by atoms with Crippen LogP contribution in [-0.2, 0) is 11.3 Å². The van der Waals surface area contributed by atoms with Crippen LogP contribution in [0, 0.1) is 0 Å². The summed E-state index contributed by atoms with van der Waals surface area (Å²) in [5.74, 6) is 1.60. The third kappa shape index (κ3) is 4.90. The molecule has 1 aromatic carbocycles. The molecule has 3 rings (SSSR count). The SMILES string of the molecule is CCn1c(SCC(=O)Nc2c(C(C)C)cccc2C(C)C)nnc1-c1ccccn1. The monoisotopic (exact) mass is 423 g/mol. The number of aromatic nitrogens is 4. The highest BCUT2D eigenvalue weighted by Gasteiger charge is 2.18.